The number of benzene rings is 2. The summed E-state index contributed by atoms with van der Waals surface area (Å²) in [5.74, 6) is 0.143. The van der Waals surface area contributed by atoms with E-state index in [-0.39, 0.29) is 5.97 Å². The molecule has 5 heteroatoms. The number of hydrogen-bond donors (Lipinski definition) is 2. The van der Waals surface area contributed by atoms with Crippen LogP contribution in [0.5, 0.6) is 0 Å². The average molecular weight is 516 g/mol. The molecule has 5 nitrogen and oxygen atoms in total. The van der Waals surface area contributed by atoms with Gasteiger partial charge in [-0.2, -0.15) is 0 Å². The third kappa shape index (κ3) is 6.16. The van der Waals surface area contributed by atoms with E-state index in [4.69, 9.17) is 9.72 Å². The Bertz CT molecular complexity index is 1610. The van der Waals surface area contributed by atoms with E-state index in [1.807, 2.05) is 80.7 Å². The topological polar surface area (TPSA) is 63.2 Å². The second-order valence-corrected chi connectivity index (χ2v) is 9.82. The number of nitrogens with zero attached hydrogens (tertiary/aromatic N) is 1. The SMILES string of the molecule is C=c1ccc(C2=C(c3cccc(C)n3)NC=CC=C2)c/c1=C/C(=C\C)c1ccc(C(=O)OCC2CNC2)cc1. The molecule has 0 unspecified atom stereocenters. The summed E-state index contributed by atoms with van der Waals surface area (Å²) in [5, 5.41) is 8.56. The van der Waals surface area contributed by atoms with Crippen LogP contribution in [-0.4, -0.2) is 30.6 Å². The second-order valence-electron chi connectivity index (χ2n) is 9.82. The summed E-state index contributed by atoms with van der Waals surface area (Å²) >= 11 is 0. The van der Waals surface area contributed by atoms with Gasteiger partial charge in [0.15, 0.2) is 0 Å². The smallest absolute Gasteiger partial charge is 0.338 e. The summed E-state index contributed by atoms with van der Waals surface area (Å²) in [6, 6.07) is 19.9. The van der Waals surface area contributed by atoms with Crippen molar-refractivity contribution >= 4 is 35.5 Å². The fourth-order valence-corrected chi connectivity index (χ4v) is 4.57. The molecule has 5 rings (SSSR count). The summed E-state index contributed by atoms with van der Waals surface area (Å²) in [7, 11) is 0. The molecule has 0 aliphatic carbocycles. The van der Waals surface area contributed by atoms with Crippen LogP contribution in [0.1, 0.15) is 39.8 Å². The van der Waals surface area contributed by atoms with E-state index in [1.54, 1.807) is 0 Å². The van der Waals surface area contributed by atoms with Gasteiger partial charge < -0.3 is 15.4 Å². The quantitative estimate of drug-likeness (QED) is 0.451. The zero-order chi connectivity index (χ0) is 27.2. The summed E-state index contributed by atoms with van der Waals surface area (Å²) in [6.45, 7) is 10.6. The largest absolute Gasteiger partial charge is 0.462 e. The van der Waals surface area contributed by atoms with Crippen molar-refractivity contribution in [1.82, 2.24) is 15.6 Å². The first-order valence-corrected chi connectivity index (χ1v) is 13.3. The number of aryl methyl sites for hydroxylation is 1. The third-order valence-corrected chi connectivity index (χ3v) is 6.96. The second kappa shape index (κ2) is 11.9. The Morgan fingerprint density at radius 2 is 1.87 bits per heavy atom. The fraction of sp³-hybridized carbons (Fsp3) is 0.176. The first-order valence-electron chi connectivity index (χ1n) is 13.3. The number of esters is 1. The molecule has 2 aromatic carbocycles. The molecule has 196 valence electrons. The molecular weight excluding hydrogens is 482 g/mol. The number of carbonyl (C=O) groups is 1. The zero-order valence-corrected chi connectivity index (χ0v) is 22.4. The Hall–Kier alpha value is -4.48. The van der Waals surface area contributed by atoms with Crippen molar-refractivity contribution in [1.29, 1.82) is 0 Å². The van der Waals surface area contributed by atoms with Gasteiger partial charge in [0.25, 0.3) is 0 Å². The Labute approximate surface area is 229 Å². The minimum atomic E-state index is -0.279. The lowest BCUT2D eigenvalue weighted by Gasteiger charge is -2.26. The maximum Gasteiger partial charge on any atom is 0.338 e. The van der Waals surface area contributed by atoms with E-state index in [0.717, 1.165) is 62.9 Å². The van der Waals surface area contributed by atoms with E-state index >= 15 is 0 Å². The van der Waals surface area contributed by atoms with E-state index < -0.39 is 0 Å². The van der Waals surface area contributed by atoms with Crippen molar-refractivity contribution in [2.45, 2.75) is 13.8 Å². The van der Waals surface area contributed by atoms with Gasteiger partial charge in [-0.15, -0.1) is 0 Å². The first-order chi connectivity index (χ1) is 19.0. The molecule has 1 aromatic heterocycles. The maximum absolute atomic E-state index is 12.4. The van der Waals surface area contributed by atoms with Crippen LogP contribution in [0.2, 0.25) is 0 Å². The van der Waals surface area contributed by atoms with Crippen molar-refractivity contribution < 1.29 is 9.53 Å². The highest BCUT2D eigenvalue weighted by Gasteiger charge is 2.19. The molecule has 0 spiro atoms. The Morgan fingerprint density at radius 3 is 2.59 bits per heavy atom. The van der Waals surface area contributed by atoms with Crippen LogP contribution in [0.15, 0.2) is 91.2 Å². The molecule has 0 radical (unpaired) electrons. The zero-order valence-electron chi connectivity index (χ0n) is 22.4. The number of pyridine rings is 1. The number of aromatic nitrogens is 1. The number of nitrogens with one attached hydrogen (secondary N) is 2. The summed E-state index contributed by atoms with van der Waals surface area (Å²) in [6.07, 6.45) is 12.2. The minimum absolute atomic E-state index is 0.279. The highest BCUT2D eigenvalue weighted by Crippen LogP contribution is 2.26. The van der Waals surface area contributed by atoms with Crippen molar-refractivity contribution in [2.75, 3.05) is 19.7 Å². The Morgan fingerprint density at radius 1 is 1.08 bits per heavy atom. The number of hydrogen-bond acceptors (Lipinski definition) is 5. The van der Waals surface area contributed by atoms with Gasteiger partial charge in [-0.05, 0) is 83.5 Å². The highest BCUT2D eigenvalue weighted by molar-refractivity contribution is 5.95. The molecule has 1 fully saturated rings. The van der Waals surface area contributed by atoms with E-state index in [9.17, 15) is 4.79 Å². The molecule has 3 aromatic rings. The van der Waals surface area contributed by atoms with Gasteiger partial charge in [-0.1, -0.05) is 55.1 Å². The molecule has 0 saturated carbocycles. The number of carbonyl (C=O) groups excluding carboxylic acids is 1. The maximum atomic E-state index is 12.4. The summed E-state index contributed by atoms with van der Waals surface area (Å²) < 4.78 is 5.46. The Kier molecular flexibility index (Phi) is 7.99. The van der Waals surface area contributed by atoms with Crippen molar-refractivity contribution in [3.63, 3.8) is 0 Å². The normalized spacial score (nSPS) is 16.1. The monoisotopic (exact) mass is 515 g/mol. The van der Waals surface area contributed by atoms with Gasteiger partial charge in [-0.3, -0.25) is 4.98 Å². The van der Waals surface area contributed by atoms with Crippen molar-refractivity contribution in [3.8, 4) is 0 Å². The van der Waals surface area contributed by atoms with E-state index in [2.05, 4.69) is 47.6 Å². The number of ether oxygens (including phenoxy) is 1. The van der Waals surface area contributed by atoms with Crippen LogP contribution in [0, 0.1) is 12.8 Å². The van der Waals surface area contributed by atoms with E-state index in [0.29, 0.717) is 18.1 Å². The van der Waals surface area contributed by atoms with Gasteiger partial charge >= 0.3 is 5.97 Å². The van der Waals surface area contributed by atoms with Gasteiger partial charge in [0, 0.05) is 36.5 Å². The van der Waals surface area contributed by atoms with Gasteiger partial charge in [-0.25, -0.2) is 4.79 Å². The predicted molar refractivity (Wildman–Crippen MR) is 160 cm³/mol. The van der Waals surface area contributed by atoms with Crippen LogP contribution in [0.3, 0.4) is 0 Å². The fourth-order valence-electron chi connectivity index (χ4n) is 4.57. The van der Waals surface area contributed by atoms with Crippen LogP contribution >= 0.6 is 0 Å². The predicted octanol–water partition coefficient (Wildman–Crippen LogP) is 4.60. The van der Waals surface area contributed by atoms with Crippen LogP contribution < -0.4 is 21.1 Å². The lowest BCUT2D eigenvalue weighted by atomic mass is 9.98. The number of rotatable bonds is 7. The van der Waals surface area contributed by atoms with Crippen molar-refractivity contribution in [3.05, 3.63) is 130 Å². The molecule has 0 bridgehead atoms. The Balaban J connectivity index is 1.45. The van der Waals surface area contributed by atoms with Gasteiger partial charge in [0.05, 0.1) is 23.6 Å². The molecular formula is C34H33N3O2. The number of allylic oxidation sites excluding steroid dienone is 6. The van der Waals surface area contributed by atoms with Crippen LogP contribution in [0.4, 0.5) is 0 Å². The molecule has 1 saturated heterocycles. The minimum Gasteiger partial charge on any atom is -0.462 e. The molecule has 2 aliphatic rings. The summed E-state index contributed by atoms with van der Waals surface area (Å²) in [5.41, 5.74) is 7.55. The third-order valence-electron chi connectivity index (χ3n) is 6.96. The van der Waals surface area contributed by atoms with Crippen molar-refractivity contribution in [2.24, 2.45) is 5.92 Å². The molecule has 2 aliphatic heterocycles. The summed E-state index contributed by atoms with van der Waals surface area (Å²) in [4.78, 5) is 17.2. The lowest BCUT2D eigenvalue weighted by molar-refractivity contribution is 0.0398. The van der Waals surface area contributed by atoms with Crippen LogP contribution in [0.25, 0.3) is 29.5 Å². The molecule has 3 heterocycles. The average Bonchev–Trinajstić information content (AvgIpc) is 3.18. The standard InChI is InChI=1S/C34H33N3O2/c1-4-26(27-13-15-28(16-14-27)34(38)39-22-25-20-35-21-25)18-30-19-29(12-11-23(30)2)31-9-5-6-17-36-33(31)32-10-7-8-24(3)37-32/h4-19,25,35-36H,2,20-22H2,1,3H3/b26-4+,30-18-. The molecule has 0 atom stereocenters. The van der Waals surface area contributed by atoms with E-state index in [1.165, 1.54) is 0 Å². The molecule has 0 amide bonds. The van der Waals surface area contributed by atoms with Gasteiger partial charge in [0.2, 0.25) is 0 Å². The molecule has 2 N–H and O–H groups in total. The highest BCUT2D eigenvalue weighted by atomic mass is 16.5. The van der Waals surface area contributed by atoms with Gasteiger partial charge in [0.1, 0.15) is 0 Å². The first kappa shape index (κ1) is 26.1. The molecule has 39 heavy (non-hydrogen) atoms. The van der Waals surface area contributed by atoms with Crippen LogP contribution in [-0.2, 0) is 4.74 Å². The lowest BCUT2D eigenvalue weighted by Crippen LogP contribution is -2.44.